The maximum absolute atomic E-state index is 13.3. The topological polar surface area (TPSA) is 21.3 Å². The highest BCUT2D eigenvalue weighted by molar-refractivity contribution is 6.30. The molecule has 1 saturated heterocycles. The maximum Gasteiger partial charge on any atom is 0.141 e. The van der Waals surface area contributed by atoms with Crippen LogP contribution in [0.3, 0.4) is 0 Å². The molecule has 0 saturated carbocycles. The van der Waals surface area contributed by atoms with Crippen LogP contribution >= 0.6 is 11.6 Å². The summed E-state index contributed by atoms with van der Waals surface area (Å²) < 4.78 is 19.0. The first kappa shape index (κ1) is 16.7. The molecule has 0 aliphatic carbocycles. The van der Waals surface area contributed by atoms with E-state index in [4.69, 9.17) is 16.3 Å². The number of hydrogen-bond acceptors (Lipinski definition) is 2. The fourth-order valence-electron chi connectivity index (χ4n) is 2.79. The average molecular weight is 314 g/mol. The van der Waals surface area contributed by atoms with Crippen molar-refractivity contribution in [3.05, 3.63) is 34.6 Å². The maximum atomic E-state index is 13.3. The zero-order valence-corrected chi connectivity index (χ0v) is 13.9. The van der Waals surface area contributed by atoms with Crippen LogP contribution < -0.4 is 5.32 Å². The van der Waals surface area contributed by atoms with Gasteiger partial charge in [-0.1, -0.05) is 17.7 Å². The van der Waals surface area contributed by atoms with Crippen LogP contribution in [0.25, 0.3) is 0 Å². The summed E-state index contributed by atoms with van der Waals surface area (Å²) in [6.45, 7) is 8.97. The molecule has 0 bridgehead atoms. The SMILES string of the molecule is CC(C)(C)NCC1(Cc2ccc(F)c(Cl)c2)CCCOC1. The van der Waals surface area contributed by atoms with Crippen molar-refractivity contribution in [2.75, 3.05) is 19.8 Å². The lowest BCUT2D eigenvalue weighted by Crippen LogP contribution is -2.48. The molecule has 1 unspecified atom stereocenters. The summed E-state index contributed by atoms with van der Waals surface area (Å²) in [5.41, 5.74) is 1.21. The lowest BCUT2D eigenvalue weighted by molar-refractivity contribution is -0.00993. The third-order valence-electron chi connectivity index (χ3n) is 3.96. The molecule has 118 valence electrons. The van der Waals surface area contributed by atoms with E-state index >= 15 is 0 Å². The Morgan fingerprint density at radius 3 is 2.71 bits per heavy atom. The molecule has 0 radical (unpaired) electrons. The summed E-state index contributed by atoms with van der Waals surface area (Å²) in [6, 6.07) is 5.02. The predicted molar refractivity (Wildman–Crippen MR) is 85.4 cm³/mol. The van der Waals surface area contributed by atoms with E-state index in [1.165, 1.54) is 6.07 Å². The van der Waals surface area contributed by atoms with E-state index in [1.807, 2.05) is 6.07 Å². The van der Waals surface area contributed by atoms with Crippen molar-refractivity contribution >= 4 is 11.6 Å². The van der Waals surface area contributed by atoms with Gasteiger partial charge >= 0.3 is 0 Å². The second-order valence-electron chi connectivity index (χ2n) is 7.18. The van der Waals surface area contributed by atoms with Gasteiger partial charge in [-0.3, -0.25) is 0 Å². The van der Waals surface area contributed by atoms with Gasteiger partial charge < -0.3 is 10.1 Å². The van der Waals surface area contributed by atoms with Crippen LogP contribution in [0.4, 0.5) is 4.39 Å². The lowest BCUT2D eigenvalue weighted by atomic mass is 9.76. The molecule has 2 nitrogen and oxygen atoms in total. The molecule has 1 aromatic carbocycles. The molecule has 1 atom stereocenters. The Kier molecular flexibility index (Phi) is 5.29. The largest absolute Gasteiger partial charge is 0.381 e. The molecule has 1 aliphatic rings. The summed E-state index contributed by atoms with van der Waals surface area (Å²) in [5, 5.41) is 3.79. The highest BCUT2D eigenvalue weighted by atomic mass is 35.5. The number of hydrogen-bond donors (Lipinski definition) is 1. The molecule has 4 heteroatoms. The molecule has 1 aromatic rings. The van der Waals surface area contributed by atoms with E-state index in [2.05, 4.69) is 26.1 Å². The fraction of sp³-hybridized carbons (Fsp3) is 0.647. The molecular weight excluding hydrogens is 289 g/mol. The van der Waals surface area contributed by atoms with Crippen molar-refractivity contribution in [2.24, 2.45) is 5.41 Å². The Bertz CT molecular complexity index is 478. The van der Waals surface area contributed by atoms with Crippen LogP contribution in [-0.2, 0) is 11.2 Å². The molecule has 1 aliphatic heterocycles. The van der Waals surface area contributed by atoms with E-state index in [-0.39, 0.29) is 21.8 Å². The minimum absolute atomic E-state index is 0.0622. The lowest BCUT2D eigenvalue weighted by Gasteiger charge is -2.39. The molecule has 0 spiro atoms. The molecule has 1 fully saturated rings. The average Bonchev–Trinajstić information content (AvgIpc) is 2.41. The van der Waals surface area contributed by atoms with Gasteiger partial charge in [0.25, 0.3) is 0 Å². The van der Waals surface area contributed by atoms with Gasteiger partial charge in [-0.25, -0.2) is 4.39 Å². The van der Waals surface area contributed by atoms with Crippen molar-refractivity contribution in [1.82, 2.24) is 5.32 Å². The molecule has 21 heavy (non-hydrogen) atoms. The van der Waals surface area contributed by atoms with Crippen molar-refractivity contribution in [3.63, 3.8) is 0 Å². The van der Waals surface area contributed by atoms with E-state index in [0.29, 0.717) is 0 Å². The second-order valence-corrected chi connectivity index (χ2v) is 7.59. The number of benzene rings is 1. The highest BCUT2D eigenvalue weighted by Gasteiger charge is 2.34. The van der Waals surface area contributed by atoms with Gasteiger partial charge in [0.15, 0.2) is 0 Å². The summed E-state index contributed by atoms with van der Waals surface area (Å²) in [5.74, 6) is -0.359. The number of nitrogens with one attached hydrogen (secondary N) is 1. The van der Waals surface area contributed by atoms with Gasteiger partial charge in [0.05, 0.1) is 11.6 Å². The van der Waals surface area contributed by atoms with Crippen LogP contribution in [0.2, 0.25) is 5.02 Å². The first-order chi connectivity index (χ1) is 9.80. The molecule has 0 aromatic heterocycles. The predicted octanol–water partition coefficient (Wildman–Crippen LogP) is 4.21. The zero-order chi connectivity index (χ0) is 15.5. The Hall–Kier alpha value is -0.640. The normalized spacial score (nSPS) is 23.3. The minimum atomic E-state index is -0.359. The van der Waals surface area contributed by atoms with Crippen molar-refractivity contribution in [2.45, 2.75) is 45.6 Å². The van der Waals surface area contributed by atoms with Gasteiger partial charge in [-0.2, -0.15) is 0 Å². The van der Waals surface area contributed by atoms with Gasteiger partial charge in [-0.05, 0) is 57.7 Å². The van der Waals surface area contributed by atoms with E-state index in [0.717, 1.165) is 44.6 Å². The van der Waals surface area contributed by atoms with Gasteiger partial charge in [0, 0.05) is 24.1 Å². The first-order valence-corrected chi connectivity index (χ1v) is 7.94. The molecule has 0 amide bonds. The van der Waals surface area contributed by atoms with Crippen LogP contribution in [0.1, 0.15) is 39.2 Å². The fourth-order valence-corrected chi connectivity index (χ4v) is 2.99. The third-order valence-corrected chi connectivity index (χ3v) is 4.25. The van der Waals surface area contributed by atoms with Crippen LogP contribution in [0.5, 0.6) is 0 Å². The summed E-state index contributed by atoms with van der Waals surface area (Å²) in [7, 11) is 0. The monoisotopic (exact) mass is 313 g/mol. The number of halogens is 2. The zero-order valence-electron chi connectivity index (χ0n) is 13.1. The second kappa shape index (κ2) is 6.64. The quantitative estimate of drug-likeness (QED) is 0.899. The molecule has 1 N–H and O–H groups in total. The molecule has 2 rings (SSSR count). The van der Waals surface area contributed by atoms with Crippen molar-refractivity contribution in [1.29, 1.82) is 0 Å². The Morgan fingerprint density at radius 2 is 2.14 bits per heavy atom. The van der Waals surface area contributed by atoms with E-state index < -0.39 is 0 Å². The number of rotatable bonds is 4. The van der Waals surface area contributed by atoms with Crippen LogP contribution in [-0.4, -0.2) is 25.3 Å². The number of ether oxygens (including phenoxy) is 1. The summed E-state index contributed by atoms with van der Waals surface area (Å²) >= 11 is 5.90. The molecular formula is C17H25ClFNO. The summed E-state index contributed by atoms with van der Waals surface area (Å²) in [6.07, 6.45) is 3.04. The van der Waals surface area contributed by atoms with E-state index in [9.17, 15) is 4.39 Å². The Balaban J connectivity index is 2.13. The Labute approximate surface area is 132 Å². The van der Waals surface area contributed by atoms with Gasteiger partial charge in [0.1, 0.15) is 5.82 Å². The third kappa shape index (κ3) is 4.94. The van der Waals surface area contributed by atoms with Crippen LogP contribution in [0, 0.1) is 11.2 Å². The van der Waals surface area contributed by atoms with Crippen molar-refractivity contribution in [3.8, 4) is 0 Å². The van der Waals surface area contributed by atoms with Gasteiger partial charge in [-0.15, -0.1) is 0 Å². The van der Waals surface area contributed by atoms with Gasteiger partial charge in [0.2, 0.25) is 0 Å². The van der Waals surface area contributed by atoms with E-state index in [1.54, 1.807) is 6.07 Å². The first-order valence-electron chi connectivity index (χ1n) is 7.56. The molecule has 1 heterocycles. The standard InChI is InChI=1S/C17H25ClFNO/c1-16(2,3)20-11-17(7-4-8-21-12-17)10-13-5-6-15(19)14(18)9-13/h5-6,9,20H,4,7-8,10-12H2,1-3H3. The highest BCUT2D eigenvalue weighted by Crippen LogP contribution is 2.33. The minimum Gasteiger partial charge on any atom is -0.381 e. The van der Waals surface area contributed by atoms with Crippen LogP contribution in [0.15, 0.2) is 18.2 Å². The summed E-state index contributed by atoms with van der Waals surface area (Å²) in [4.78, 5) is 0. The van der Waals surface area contributed by atoms with Crippen molar-refractivity contribution < 1.29 is 9.13 Å². The Morgan fingerprint density at radius 1 is 1.38 bits per heavy atom. The smallest absolute Gasteiger partial charge is 0.141 e.